The van der Waals surface area contributed by atoms with E-state index in [2.05, 4.69) is 22.2 Å². The van der Waals surface area contributed by atoms with Gasteiger partial charge in [0, 0.05) is 19.0 Å². The maximum Gasteiger partial charge on any atom is 0.134 e. The van der Waals surface area contributed by atoms with E-state index in [1.54, 1.807) is 6.07 Å². The lowest BCUT2D eigenvalue weighted by Crippen LogP contribution is -2.13. The number of hydrogen-bond donors (Lipinski definition) is 2. The number of nitrogens with zero attached hydrogens (tertiary/aromatic N) is 2. The first kappa shape index (κ1) is 14.8. The van der Waals surface area contributed by atoms with Crippen LogP contribution >= 0.6 is 11.6 Å². The van der Waals surface area contributed by atoms with Gasteiger partial charge in [-0.1, -0.05) is 48.9 Å². The summed E-state index contributed by atoms with van der Waals surface area (Å²) in [4.78, 5) is 8.53. The minimum Gasteiger partial charge on any atom is -0.387 e. The van der Waals surface area contributed by atoms with E-state index in [0.29, 0.717) is 17.5 Å². The average Bonchev–Trinajstić information content (AvgIpc) is 2.45. The summed E-state index contributed by atoms with van der Waals surface area (Å²) >= 11 is 5.96. The molecule has 0 saturated carbocycles. The Labute approximate surface area is 123 Å². The third kappa shape index (κ3) is 4.18. The highest BCUT2D eigenvalue weighted by molar-refractivity contribution is 6.29. The molecule has 0 spiro atoms. The Kier molecular flexibility index (Phi) is 5.32. The highest BCUT2D eigenvalue weighted by Crippen LogP contribution is 2.16. The number of aromatic nitrogens is 2. The van der Waals surface area contributed by atoms with Crippen LogP contribution in [0.2, 0.25) is 5.15 Å². The molecule has 0 saturated heterocycles. The third-order valence-corrected chi connectivity index (χ3v) is 3.07. The highest BCUT2D eigenvalue weighted by Gasteiger charge is 2.08. The van der Waals surface area contributed by atoms with Gasteiger partial charge in [0.05, 0.1) is 6.10 Å². The molecule has 0 radical (unpaired) electrons. The van der Waals surface area contributed by atoms with Gasteiger partial charge in [0.2, 0.25) is 0 Å². The van der Waals surface area contributed by atoms with Crippen LogP contribution < -0.4 is 5.32 Å². The summed E-state index contributed by atoms with van der Waals surface area (Å²) in [6.45, 7) is 2.44. The largest absolute Gasteiger partial charge is 0.387 e. The normalized spacial score (nSPS) is 12.2. The van der Waals surface area contributed by atoms with Crippen molar-refractivity contribution in [2.75, 3.05) is 11.9 Å². The number of aliphatic hydroxyl groups excluding tert-OH is 1. The summed E-state index contributed by atoms with van der Waals surface area (Å²) in [6.07, 6.45) is 1.17. The molecule has 0 amide bonds. The lowest BCUT2D eigenvalue weighted by molar-refractivity contribution is 0.191. The van der Waals surface area contributed by atoms with Crippen LogP contribution in [0.5, 0.6) is 0 Å². The molecule has 0 aliphatic rings. The fraction of sp³-hybridized carbons (Fsp3) is 0.333. The summed E-state index contributed by atoms with van der Waals surface area (Å²) in [7, 11) is 0. The van der Waals surface area contributed by atoms with Gasteiger partial charge in [-0.05, 0) is 12.0 Å². The second-order valence-electron chi connectivity index (χ2n) is 4.55. The quantitative estimate of drug-likeness (QED) is 0.802. The Balaban J connectivity index is 2.00. The van der Waals surface area contributed by atoms with Gasteiger partial charge in [0.15, 0.2) is 0 Å². The monoisotopic (exact) mass is 291 g/mol. The summed E-state index contributed by atoms with van der Waals surface area (Å²) in [5.41, 5.74) is 0.869. The number of aryl methyl sites for hydroxylation is 1. The summed E-state index contributed by atoms with van der Waals surface area (Å²) in [5.74, 6) is 1.36. The molecule has 20 heavy (non-hydrogen) atoms. The van der Waals surface area contributed by atoms with Crippen LogP contribution in [-0.4, -0.2) is 21.6 Å². The molecule has 4 nitrogen and oxygen atoms in total. The van der Waals surface area contributed by atoms with Gasteiger partial charge in [-0.2, -0.15) is 0 Å². The predicted molar refractivity (Wildman–Crippen MR) is 80.9 cm³/mol. The molecule has 1 aromatic heterocycles. The molecule has 1 unspecified atom stereocenters. The fourth-order valence-corrected chi connectivity index (χ4v) is 2.09. The molecular weight excluding hydrogens is 274 g/mol. The topological polar surface area (TPSA) is 58.0 Å². The van der Waals surface area contributed by atoms with E-state index in [9.17, 15) is 5.11 Å². The second-order valence-corrected chi connectivity index (χ2v) is 4.94. The average molecular weight is 292 g/mol. The van der Waals surface area contributed by atoms with Crippen molar-refractivity contribution in [3.63, 3.8) is 0 Å². The summed E-state index contributed by atoms with van der Waals surface area (Å²) < 4.78 is 0. The van der Waals surface area contributed by atoms with E-state index >= 15 is 0 Å². The van der Waals surface area contributed by atoms with Gasteiger partial charge in [0.25, 0.3) is 0 Å². The number of anilines is 1. The number of nitrogens with one attached hydrogen (secondary N) is 1. The van der Waals surface area contributed by atoms with Crippen molar-refractivity contribution in [1.29, 1.82) is 0 Å². The molecule has 0 aliphatic carbocycles. The van der Waals surface area contributed by atoms with E-state index in [4.69, 9.17) is 11.6 Å². The summed E-state index contributed by atoms with van der Waals surface area (Å²) in [6, 6.07) is 11.2. The Morgan fingerprint density at radius 1 is 1.25 bits per heavy atom. The van der Waals surface area contributed by atoms with Crippen molar-refractivity contribution in [3.8, 4) is 0 Å². The molecule has 0 fully saturated rings. The highest BCUT2D eigenvalue weighted by atomic mass is 35.5. The van der Waals surface area contributed by atoms with E-state index in [-0.39, 0.29) is 0 Å². The Morgan fingerprint density at radius 3 is 2.70 bits per heavy atom. The first-order valence-electron chi connectivity index (χ1n) is 6.69. The van der Waals surface area contributed by atoms with Gasteiger partial charge < -0.3 is 10.4 Å². The smallest absolute Gasteiger partial charge is 0.134 e. The van der Waals surface area contributed by atoms with Crippen LogP contribution in [0.15, 0.2) is 36.4 Å². The van der Waals surface area contributed by atoms with Gasteiger partial charge in [-0.15, -0.1) is 0 Å². The van der Waals surface area contributed by atoms with Crippen LogP contribution in [0.25, 0.3) is 0 Å². The predicted octanol–water partition coefficient (Wildman–Crippen LogP) is 3.23. The standard InChI is InChI=1S/C15H18ClN3O/c1-2-6-14-18-13(16)9-15(19-14)17-10-12(20)11-7-4-3-5-8-11/h3-5,7-9,12,20H,2,6,10H2,1H3,(H,17,18,19). The van der Waals surface area contributed by atoms with Crippen LogP contribution in [0.1, 0.15) is 30.8 Å². The molecule has 2 rings (SSSR count). The van der Waals surface area contributed by atoms with Crippen molar-refractivity contribution in [2.24, 2.45) is 0 Å². The van der Waals surface area contributed by atoms with Gasteiger partial charge in [-0.25, -0.2) is 9.97 Å². The van der Waals surface area contributed by atoms with E-state index < -0.39 is 6.10 Å². The molecule has 2 aromatic rings. The molecule has 5 heteroatoms. The van der Waals surface area contributed by atoms with Crippen molar-refractivity contribution < 1.29 is 5.11 Å². The molecule has 1 heterocycles. The van der Waals surface area contributed by atoms with Gasteiger partial charge >= 0.3 is 0 Å². The van der Waals surface area contributed by atoms with E-state index in [1.807, 2.05) is 30.3 Å². The number of halogens is 1. The lowest BCUT2D eigenvalue weighted by atomic mass is 10.1. The summed E-state index contributed by atoms with van der Waals surface area (Å²) in [5, 5.41) is 13.6. The number of hydrogen-bond acceptors (Lipinski definition) is 4. The van der Waals surface area contributed by atoms with Gasteiger partial charge in [-0.3, -0.25) is 0 Å². The zero-order valence-corrected chi connectivity index (χ0v) is 12.1. The Bertz CT molecular complexity index is 548. The molecule has 2 N–H and O–H groups in total. The molecule has 106 valence electrons. The fourth-order valence-electron chi connectivity index (χ4n) is 1.88. The minimum atomic E-state index is -0.584. The zero-order valence-electron chi connectivity index (χ0n) is 11.4. The molecule has 0 aliphatic heterocycles. The number of rotatable bonds is 6. The van der Waals surface area contributed by atoms with Crippen LogP contribution in [-0.2, 0) is 6.42 Å². The Hall–Kier alpha value is -1.65. The first-order valence-corrected chi connectivity index (χ1v) is 7.07. The van der Waals surface area contributed by atoms with E-state index in [0.717, 1.165) is 24.2 Å². The third-order valence-electron chi connectivity index (χ3n) is 2.88. The van der Waals surface area contributed by atoms with Crippen LogP contribution in [0.3, 0.4) is 0 Å². The van der Waals surface area contributed by atoms with Crippen molar-refractivity contribution in [3.05, 3.63) is 52.9 Å². The molecule has 1 atom stereocenters. The minimum absolute atomic E-state index is 0.378. The van der Waals surface area contributed by atoms with Crippen LogP contribution in [0.4, 0.5) is 5.82 Å². The number of aliphatic hydroxyl groups is 1. The van der Waals surface area contributed by atoms with Crippen molar-refractivity contribution in [2.45, 2.75) is 25.9 Å². The first-order chi connectivity index (χ1) is 9.69. The molecule has 1 aromatic carbocycles. The second kappa shape index (κ2) is 7.22. The lowest BCUT2D eigenvalue weighted by Gasteiger charge is -2.13. The van der Waals surface area contributed by atoms with E-state index in [1.165, 1.54) is 0 Å². The van der Waals surface area contributed by atoms with Crippen molar-refractivity contribution in [1.82, 2.24) is 9.97 Å². The molecule has 0 bridgehead atoms. The molecular formula is C15H18ClN3O. The maximum atomic E-state index is 10.1. The zero-order chi connectivity index (χ0) is 14.4. The SMILES string of the molecule is CCCc1nc(Cl)cc(NCC(O)c2ccccc2)n1. The Morgan fingerprint density at radius 2 is 2.00 bits per heavy atom. The van der Waals surface area contributed by atoms with Crippen molar-refractivity contribution >= 4 is 17.4 Å². The van der Waals surface area contributed by atoms with Crippen LogP contribution in [0, 0.1) is 0 Å². The number of benzene rings is 1. The maximum absolute atomic E-state index is 10.1. The van der Waals surface area contributed by atoms with Gasteiger partial charge in [0.1, 0.15) is 16.8 Å².